The molecule has 0 bridgehead atoms. The van der Waals surface area contributed by atoms with E-state index < -0.39 is 0 Å². The molecule has 2 heterocycles. The lowest BCUT2D eigenvalue weighted by Crippen LogP contribution is -2.03. The van der Waals surface area contributed by atoms with E-state index in [9.17, 15) is 10.5 Å². The van der Waals surface area contributed by atoms with Crippen molar-refractivity contribution < 1.29 is 0 Å². The molecule has 0 radical (unpaired) electrons. The predicted molar refractivity (Wildman–Crippen MR) is 215 cm³/mol. The second kappa shape index (κ2) is 13.3. The van der Waals surface area contributed by atoms with Crippen molar-refractivity contribution >= 4 is 21.8 Å². The van der Waals surface area contributed by atoms with E-state index in [1.165, 1.54) is 0 Å². The molecule has 0 unspecified atom stereocenters. The minimum atomic E-state index is 0.410. The van der Waals surface area contributed by atoms with Crippen LogP contribution in [0, 0.1) is 22.7 Å². The molecular weight excluding hydrogens is 645 g/mol. The van der Waals surface area contributed by atoms with Gasteiger partial charge in [-0.3, -0.25) is 0 Å². The Bertz CT molecular complexity index is 2690. The quantitative estimate of drug-likeness (QED) is 0.176. The molecule has 0 aliphatic rings. The molecular formula is C49H30N4. The summed E-state index contributed by atoms with van der Waals surface area (Å²) in [7, 11) is 0. The van der Waals surface area contributed by atoms with E-state index in [1.807, 2.05) is 121 Å². The van der Waals surface area contributed by atoms with Gasteiger partial charge < -0.3 is 4.57 Å². The monoisotopic (exact) mass is 674 g/mol. The van der Waals surface area contributed by atoms with Gasteiger partial charge in [0.25, 0.3) is 0 Å². The van der Waals surface area contributed by atoms with Crippen molar-refractivity contribution in [3.8, 4) is 73.7 Å². The van der Waals surface area contributed by atoms with E-state index in [0.717, 1.165) is 77.7 Å². The Kier molecular flexibility index (Phi) is 7.90. The van der Waals surface area contributed by atoms with Crippen molar-refractivity contribution in [2.45, 2.75) is 0 Å². The Labute approximate surface area is 307 Å². The number of rotatable bonds is 6. The Morgan fingerprint density at radius 3 is 1.13 bits per heavy atom. The molecule has 9 rings (SSSR count). The zero-order valence-electron chi connectivity index (χ0n) is 28.6. The van der Waals surface area contributed by atoms with Gasteiger partial charge in [-0.15, -0.1) is 0 Å². The third kappa shape index (κ3) is 5.71. The Morgan fingerprint density at radius 2 is 0.736 bits per heavy atom. The van der Waals surface area contributed by atoms with Crippen LogP contribution in [0.15, 0.2) is 182 Å². The summed E-state index contributed by atoms with van der Waals surface area (Å²) in [5.41, 5.74) is 12.8. The topological polar surface area (TPSA) is 65.4 Å². The van der Waals surface area contributed by atoms with Crippen LogP contribution in [-0.2, 0) is 0 Å². The first-order chi connectivity index (χ1) is 26.2. The SMILES string of the molecule is N#Cc1cc(-c2cc(-c3ccccc3)nc(-c3ccccc3)c2)cc(C#N)c1-n1c2cc(-c3ccccc3)ccc2c2ccc(-c3ccccc3)cc21. The summed E-state index contributed by atoms with van der Waals surface area (Å²) < 4.78 is 2.11. The van der Waals surface area contributed by atoms with Crippen LogP contribution in [0.2, 0.25) is 0 Å². The van der Waals surface area contributed by atoms with Crippen LogP contribution in [-0.4, -0.2) is 9.55 Å². The van der Waals surface area contributed by atoms with Crippen LogP contribution in [0.3, 0.4) is 0 Å². The first kappa shape index (κ1) is 31.5. The average Bonchev–Trinajstić information content (AvgIpc) is 3.56. The molecule has 53 heavy (non-hydrogen) atoms. The highest BCUT2D eigenvalue weighted by molar-refractivity contribution is 6.11. The fraction of sp³-hybridized carbons (Fsp3) is 0. The van der Waals surface area contributed by atoms with Crippen molar-refractivity contribution in [2.24, 2.45) is 0 Å². The number of benzene rings is 7. The molecule has 4 nitrogen and oxygen atoms in total. The van der Waals surface area contributed by atoms with E-state index in [4.69, 9.17) is 4.98 Å². The summed E-state index contributed by atoms with van der Waals surface area (Å²) in [6.45, 7) is 0. The molecule has 0 atom stereocenters. The standard InChI is InChI=1S/C49H30N4/c50-31-41-25-39(40-27-45(35-17-9-3-10-18-35)52-46(28-40)36-19-11-4-12-20-36)26-42(32-51)49(41)53-47-29-37(33-13-5-1-6-14-33)21-23-43(47)44-24-22-38(30-48(44)53)34-15-7-2-8-16-34/h1-30H. The zero-order valence-corrected chi connectivity index (χ0v) is 28.6. The van der Waals surface area contributed by atoms with Gasteiger partial charge in [-0.25, -0.2) is 4.98 Å². The molecule has 246 valence electrons. The second-order valence-electron chi connectivity index (χ2n) is 13.0. The van der Waals surface area contributed by atoms with E-state index >= 15 is 0 Å². The van der Waals surface area contributed by atoms with Crippen molar-refractivity contribution in [1.29, 1.82) is 10.5 Å². The van der Waals surface area contributed by atoms with Crippen molar-refractivity contribution in [2.75, 3.05) is 0 Å². The number of aromatic nitrogens is 2. The van der Waals surface area contributed by atoms with Crippen molar-refractivity contribution in [3.05, 3.63) is 193 Å². The fourth-order valence-corrected chi connectivity index (χ4v) is 7.30. The lowest BCUT2D eigenvalue weighted by atomic mass is 9.95. The molecule has 0 spiro atoms. The largest absolute Gasteiger partial charge is 0.307 e. The van der Waals surface area contributed by atoms with Crippen LogP contribution >= 0.6 is 0 Å². The third-order valence-electron chi connectivity index (χ3n) is 9.85. The number of pyridine rings is 1. The van der Waals surface area contributed by atoms with Crippen LogP contribution in [0.1, 0.15) is 11.1 Å². The second-order valence-corrected chi connectivity index (χ2v) is 13.0. The zero-order chi connectivity index (χ0) is 35.7. The molecule has 0 aliphatic carbocycles. The molecule has 4 heteroatoms. The Hall–Kier alpha value is -7.53. The first-order valence-corrected chi connectivity index (χ1v) is 17.5. The van der Waals surface area contributed by atoms with Crippen molar-refractivity contribution in [3.63, 3.8) is 0 Å². The Morgan fingerprint density at radius 1 is 0.358 bits per heavy atom. The molecule has 0 aliphatic heterocycles. The highest BCUT2D eigenvalue weighted by Crippen LogP contribution is 2.40. The number of nitriles is 2. The summed E-state index contributed by atoms with van der Waals surface area (Å²) >= 11 is 0. The van der Waals surface area contributed by atoms with Gasteiger partial charge in [-0.05, 0) is 69.8 Å². The Balaban J connectivity index is 1.31. The number of hydrogen-bond acceptors (Lipinski definition) is 3. The summed E-state index contributed by atoms with van der Waals surface area (Å²) in [6, 6.07) is 66.5. The van der Waals surface area contributed by atoms with Gasteiger partial charge in [0, 0.05) is 21.9 Å². The highest BCUT2D eigenvalue weighted by Gasteiger charge is 2.21. The first-order valence-electron chi connectivity index (χ1n) is 17.5. The van der Waals surface area contributed by atoms with Gasteiger partial charge in [-0.1, -0.05) is 146 Å². The highest BCUT2D eigenvalue weighted by atomic mass is 15.0. The minimum Gasteiger partial charge on any atom is -0.307 e. The van der Waals surface area contributed by atoms with Gasteiger partial charge in [0.2, 0.25) is 0 Å². The minimum absolute atomic E-state index is 0.410. The smallest absolute Gasteiger partial charge is 0.101 e. The molecule has 0 saturated heterocycles. The lowest BCUT2D eigenvalue weighted by molar-refractivity contribution is 1.16. The number of hydrogen-bond donors (Lipinski definition) is 0. The number of fused-ring (bicyclic) bond motifs is 3. The molecule has 9 aromatic rings. The van der Waals surface area contributed by atoms with Gasteiger partial charge >= 0.3 is 0 Å². The molecule has 7 aromatic carbocycles. The lowest BCUT2D eigenvalue weighted by Gasteiger charge is -2.16. The molecule has 0 saturated carbocycles. The maximum atomic E-state index is 10.9. The van der Waals surface area contributed by atoms with Gasteiger partial charge in [0.15, 0.2) is 0 Å². The summed E-state index contributed by atoms with van der Waals surface area (Å²) in [4.78, 5) is 5.04. The predicted octanol–water partition coefficient (Wildman–Crippen LogP) is 12.3. The van der Waals surface area contributed by atoms with Gasteiger partial charge in [-0.2, -0.15) is 10.5 Å². The molecule has 0 amide bonds. The average molecular weight is 675 g/mol. The molecule has 0 N–H and O–H groups in total. The molecule has 2 aromatic heterocycles. The van der Waals surface area contributed by atoms with E-state index in [0.29, 0.717) is 16.8 Å². The van der Waals surface area contributed by atoms with Crippen molar-refractivity contribution in [1.82, 2.24) is 9.55 Å². The maximum absolute atomic E-state index is 10.9. The normalized spacial score (nSPS) is 11.0. The van der Waals surface area contributed by atoms with Crippen LogP contribution in [0.25, 0.3) is 83.4 Å². The van der Waals surface area contributed by atoms with E-state index in [-0.39, 0.29) is 0 Å². The summed E-state index contributed by atoms with van der Waals surface area (Å²) in [5, 5.41) is 23.9. The molecule has 0 fully saturated rings. The maximum Gasteiger partial charge on any atom is 0.101 e. The van der Waals surface area contributed by atoms with Crippen LogP contribution in [0.4, 0.5) is 0 Å². The third-order valence-corrected chi connectivity index (χ3v) is 9.85. The van der Waals surface area contributed by atoms with Crippen LogP contribution in [0.5, 0.6) is 0 Å². The van der Waals surface area contributed by atoms with E-state index in [2.05, 4.69) is 77.4 Å². The van der Waals surface area contributed by atoms with Gasteiger partial charge in [0.1, 0.15) is 12.1 Å². The fourth-order valence-electron chi connectivity index (χ4n) is 7.30. The summed E-state index contributed by atoms with van der Waals surface area (Å²) in [6.07, 6.45) is 0. The summed E-state index contributed by atoms with van der Waals surface area (Å²) in [5.74, 6) is 0. The van der Waals surface area contributed by atoms with Gasteiger partial charge in [0.05, 0.1) is 39.2 Å². The van der Waals surface area contributed by atoms with E-state index in [1.54, 1.807) is 0 Å². The van der Waals surface area contributed by atoms with Crippen LogP contribution < -0.4 is 0 Å². The number of nitrogens with zero attached hydrogens (tertiary/aromatic N) is 4.